The summed E-state index contributed by atoms with van der Waals surface area (Å²) in [4.78, 5) is 15.3. The summed E-state index contributed by atoms with van der Waals surface area (Å²) in [5.41, 5.74) is 0.692. The quantitative estimate of drug-likeness (QED) is 0.620. The number of benzene rings is 1. The zero-order chi connectivity index (χ0) is 19.5. The maximum Gasteiger partial charge on any atom is 0.314 e. The number of hydrogen-bond acceptors (Lipinski definition) is 4. The number of nitrogens with zero attached hydrogens (tertiary/aromatic N) is 1. The van der Waals surface area contributed by atoms with Gasteiger partial charge in [-0.05, 0) is 50.0 Å². The summed E-state index contributed by atoms with van der Waals surface area (Å²) in [6.07, 6.45) is 6.90. The summed E-state index contributed by atoms with van der Waals surface area (Å²) in [6, 6.07) is 7.80. The molecule has 1 aliphatic heterocycles. The van der Waals surface area contributed by atoms with Crippen LogP contribution < -0.4 is 0 Å². The SMILES string of the molecule is CC1[C@H]2C[C@H]2CN1CC#CCOC(=O)C(c1ccccc1O)C1CCCCC1. The lowest BCUT2D eigenvalue weighted by atomic mass is 9.76. The number of hydrogen-bond donors (Lipinski definition) is 1. The molecule has 2 unspecified atom stereocenters. The molecule has 2 aliphatic carbocycles. The van der Waals surface area contributed by atoms with Gasteiger partial charge in [-0.25, -0.2) is 0 Å². The van der Waals surface area contributed by atoms with Gasteiger partial charge in [0, 0.05) is 18.2 Å². The van der Waals surface area contributed by atoms with Crippen LogP contribution in [0.15, 0.2) is 24.3 Å². The maximum atomic E-state index is 12.9. The second-order valence-corrected chi connectivity index (χ2v) is 8.73. The molecule has 0 aromatic heterocycles. The van der Waals surface area contributed by atoms with Gasteiger partial charge < -0.3 is 9.84 Å². The van der Waals surface area contributed by atoms with Gasteiger partial charge in [-0.15, -0.1) is 0 Å². The van der Waals surface area contributed by atoms with Crippen LogP contribution in [-0.4, -0.2) is 41.7 Å². The highest BCUT2D eigenvalue weighted by atomic mass is 16.5. The number of phenolic OH excluding ortho intramolecular Hbond substituents is 1. The van der Waals surface area contributed by atoms with E-state index < -0.39 is 5.92 Å². The van der Waals surface area contributed by atoms with Crippen molar-refractivity contribution < 1.29 is 14.6 Å². The molecule has 0 amide bonds. The molecule has 3 aliphatic rings. The number of carbonyl (C=O) groups is 1. The van der Waals surface area contributed by atoms with E-state index in [1.54, 1.807) is 12.1 Å². The predicted molar refractivity (Wildman–Crippen MR) is 109 cm³/mol. The van der Waals surface area contributed by atoms with E-state index in [0.29, 0.717) is 11.6 Å². The molecule has 2 saturated carbocycles. The number of fused-ring (bicyclic) bond motifs is 1. The highest BCUT2D eigenvalue weighted by molar-refractivity contribution is 5.79. The molecular weight excluding hydrogens is 350 g/mol. The number of phenols is 1. The van der Waals surface area contributed by atoms with E-state index in [0.717, 1.165) is 50.6 Å². The second-order valence-electron chi connectivity index (χ2n) is 8.73. The Hall–Kier alpha value is -1.99. The minimum atomic E-state index is -0.394. The van der Waals surface area contributed by atoms with E-state index in [2.05, 4.69) is 23.7 Å². The number of para-hydroxylation sites is 1. The number of likely N-dealkylation sites (tertiary alicyclic amines) is 1. The normalized spacial score (nSPS) is 28.1. The topological polar surface area (TPSA) is 49.8 Å². The zero-order valence-corrected chi connectivity index (χ0v) is 16.8. The van der Waals surface area contributed by atoms with Gasteiger partial charge in [-0.2, -0.15) is 0 Å². The van der Waals surface area contributed by atoms with Crippen LogP contribution in [0.25, 0.3) is 0 Å². The van der Waals surface area contributed by atoms with Crippen molar-refractivity contribution in [2.75, 3.05) is 19.7 Å². The fourth-order valence-electron chi connectivity index (χ4n) is 5.22. The third-order valence-electron chi connectivity index (χ3n) is 6.98. The first kappa shape index (κ1) is 19.3. The molecule has 4 heteroatoms. The maximum absolute atomic E-state index is 12.9. The fraction of sp³-hybridized carbons (Fsp3) is 0.625. The number of rotatable bonds is 5. The Morgan fingerprint density at radius 3 is 2.75 bits per heavy atom. The minimum absolute atomic E-state index is 0.130. The Morgan fingerprint density at radius 2 is 2.04 bits per heavy atom. The van der Waals surface area contributed by atoms with Gasteiger partial charge in [-0.3, -0.25) is 9.69 Å². The fourth-order valence-corrected chi connectivity index (χ4v) is 5.22. The van der Waals surface area contributed by atoms with Crippen LogP contribution >= 0.6 is 0 Å². The van der Waals surface area contributed by atoms with Crippen LogP contribution in [-0.2, 0) is 9.53 Å². The molecule has 1 aromatic rings. The number of esters is 1. The summed E-state index contributed by atoms with van der Waals surface area (Å²) in [5.74, 6) is 7.74. The van der Waals surface area contributed by atoms with Crippen molar-refractivity contribution in [1.82, 2.24) is 4.90 Å². The third-order valence-corrected chi connectivity index (χ3v) is 6.98. The Bertz CT molecular complexity index is 759. The van der Waals surface area contributed by atoms with E-state index in [-0.39, 0.29) is 24.2 Å². The molecule has 0 spiro atoms. The molecule has 0 bridgehead atoms. The molecule has 4 rings (SSSR count). The van der Waals surface area contributed by atoms with Gasteiger partial charge in [0.05, 0.1) is 12.5 Å². The summed E-state index contributed by atoms with van der Waals surface area (Å²) in [6.45, 7) is 4.35. The summed E-state index contributed by atoms with van der Waals surface area (Å²) in [5, 5.41) is 10.3. The number of aromatic hydroxyl groups is 1. The van der Waals surface area contributed by atoms with Crippen molar-refractivity contribution in [2.45, 2.75) is 57.4 Å². The van der Waals surface area contributed by atoms with Crippen molar-refractivity contribution >= 4 is 5.97 Å². The smallest absolute Gasteiger partial charge is 0.314 e. The van der Waals surface area contributed by atoms with Gasteiger partial charge in [0.25, 0.3) is 0 Å². The molecule has 150 valence electrons. The molecule has 1 N–H and O–H groups in total. The molecule has 4 nitrogen and oxygen atoms in total. The van der Waals surface area contributed by atoms with Crippen LogP contribution in [0.4, 0.5) is 0 Å². The van der Waals surface area contributed by atoms with Crippen molar-refractivity contribution in [2.24, 2.45) is 17.8 Å². The standard InChI is InChI=1S/C24H31NO3/c1-17-21-15-19(21)16-25(17)13-7-8-14-28-24(27)23(18-9-3-2-4-10-18)20-11-5-6-12-22(20)26/h5-6,11-12,17-19,21,23,26H,2-4,9-10,13-16H2,1H3/t17?,19-,21+,23?/m0/s1. The van der Waals surface area contributed by atoms with E-state index in [9.17, 15) is 9.90 Å². The van der Waals surface area contributed by atoms with Crippen molar-refractivity contribution in [3.05, 3.63) is 29.8 Å². The van der Waals surface area contributed by atoms with Crippen LogP contribution in [0.3, 0.4) is 0 Å². The molecule has 1 saturated heterocycles. The van der Waals surface area contributed by atoms with Gasteiger partial charge in [0.1, 0.15) is 5.75 Å². The molecule has 4 atom stereocenters. The number of piperidine rings is 1. The highest BCUT2D eigenvalue weighted by Gasteiger charge is 2.49. The molecular formula is C24H31NO3. The largest absolute Gasteiger partial charge is 0.508 e. The van der Waals surface area contributed by atoms with Crippen LogP contribution in [0.2, 0.25) is 0 Å². The van der Waals surface area contributed by atoms with Gasteiger partial charge in [0.15, 0.2) is 6.61 Å². The van der Waals surface area contributed by atoms with Crippen molar-refractivity contribution in [1.29, 1.82) is 0 Å². The zero-order valence-electron chi connectivity index (χ0n) is 16.8. The lowest BCUT2D eigenvalue weighted by molar-refractivity contribution is -0.145. The molecule has 0 radical (unpaired) electrons. The van der Waals surface area contributed by atoms with Crippen LogP contribution in [0.1, 0.15) is 56.9 Å². The number of carbonyl (C=O) groups excluding carboxylic acids is 1. The number of ether oxygens (including phenoxy) is 1. The molecule has 1 heterocycles. The van der Waals surface area contributed by atoms with E-state index in [4.69, 9.17) is 4.74 Å². The molecule has 28 heavy (non-hydrogen) atoms. The van der Waals surface area contributed by atoms with E-state index in [1.165, 1.54) is 12.8 Å². The summed E-state index contributed by atoms with van der Waals surface area (Å²) < 4.78 is 5.55. The lowest BCUT2D eigenvalue weighted by Gasteiger charge is -2.29. The van der Waals surface area contributed by atoms with E-state index in [1.807, 2.05) is 12.1 Å². The lowest BCUT2D eigenvalue weighted by Crippen LogP contribution is -2.31. The Morgan fingerprint density at radius 1 is 1.25 bits per heavy atom. The van der Waals surface area contributed by atoms with Crippen LogP contribution in [0, 0.1) is 29.6 Å². The first-order valence-electron chi connectivity index (χ1n) is 10.8. The highest BCUT2D eigenvalue weighted by Crippen LogP contribution is 2.49. The Balaban J connectivity index is 1.35. The van der Waals surface area contributed by atoms with Gasteiger partial charge in [-0.1, -0.05) is 49.3 Å². The molecule has 1 aromatic carbocycles. The Kier molecular flexibility index (Phi) is 5.92. The summed E-state index contributed by atoms with van der Waals surface area (Å²) in [7, 11) is 0. The average Bonchev–Trinajstić information content (AvgIpc) is 3.41. The Labute approximate surface area is 168 Å². The molecule has 3 fully saturated rings. The first-order valence-corrected chi connectivity index (χ1v) is 10.8. The monoisotopic (exact) mass is 381 g/mol. The third kappa shape index (κ3) is 4.20. The second kappa shape index (κ2) is 8.57. The van der Waals surface area contributed by atoms with Gasteiger partial charge >= 0.3 is 5.97 Å². The first-order chi connectivity index (χ1) is 13.6. The van der Waals surface area contributed by atoms with Crippen molar-refractivity contribution in [3.8, 4) is 17.6 Å². The van der Waals surface area contributed by atoms with E-state index >= 15 is 0 Å². The predicted octanol–water partition coefficient (Wildman–Crippen LogP) is 3.94. The average molecular weight is 382 g/mol. The van der Waals surface area contributed by atoms with Crippen molar-refractivity contribution in [3.63, 3.8) is 0 Å². The summed E-state index contributed by atoms with van der Waals surface area (Å²) >= 11 is 0. The van der Waals surface area contributed by atoms with Gasteiger partial charge in [0.2, 0.25) is 0 Å². The minimum Gasteiger partial charge on any atom is -0.508 e. The van der Waals surface area contributed by atoms with Crippen LogP contribution in [0.5, 0.6) is 5.75 Å².